The summed E-state index contributed by atoms with van der Waals surface area (Å²) < 4.78 is 32.3. The molecule has 0 fully saturated rings. The van der Waals surface area contributed by atoms with E-state index in [1.54, 1.807) is 52.8 Å². The predicted octanol–water partition coefficient (Wildman–Crippen LogP) is 2.33. The number of esters is 1. The molecule has 0 aliphatic carbocycles. The minimum Gasteiger partial charge on any atom is -0.459 e. The van der Waals surface area contributed by atoms with Gasteiger partial charge in [0.1, 0.15) is 11.6 Å². The normalized spacial score (nSPS) is 14.0. The summed E-state index contributed by atoms with van der Waals surface area (Å²) in [4.78, 5) is 12.3. The number of nitrogens with one attached hydrogen (secondary N) is 1. The molecule has 0 aliphatic rings. The molecule has 1 aromatic carbocycles. The van der Waals surface area contributed by atoms with Crippen molar-refractivity contribution >= 4 is 16.0 Å². The van der Waals surface area contributed by atoms with Crippen LogP contribution in [0.5, 0.6) is 0 Å². The van der Waals surface area contributed by atoms with Gasteiger partial charge in [-0.05, 0) is 38.8 Å². The van der Waals surface area contributed by atoms with Gasteiger partial charge in [-0.1, -0.05) is 32.0 Å². The van der Waals surface area contributed by atoms with Crippen LogP contribution in [0.2, 0.25) is 0 Å². The lowest BCUT2D eigenvalue weighted by atomic mass is 10.1. The molecule has 0 aliphatic heterocycles. The first kappa shape index (κ1) is 17.7. The molecule has 0 saturated heterocycles. The number of rotatable bonds is 5. The van der Waals surface area contributed by atoms with Crippen LogP contribution in [0.4, 0.5) is 0 Å². The lowest BCUT2D eigenvalue weighted by molar-refractivity contribution is -0.158. The maximum atomic E-state index is 12.3. The Morgan fingerprint density at radius 1 is 1.14 bits per heavy atom. The molecule has 1 atom stereocenters. The van der Waals surface area contributed by atoms with Gasteiger partial charge in [-0.15, -0.1) is 0 Å². The topological polar surface area (TPSA) is 72.5 Å². The van der Waals surface area contributed by atoms with E-state index in [1.165, 1.54) is 12.1 Å². The number of carbonyl (C=O) groups is 1. The van der Waals surface area contributed by atoms with Crippen molar-refractivity contribution in [2.45, 2.75) is 51.2 Å². The molecule has 0 amide bonds. The second kappa shape index (κ2) is 6.58. The highest BCUT2D eigenvalue weighted by molar-refractivity contribution is 7.89. The number of carbonyl (C=O) groups excluding carboxylic acids is 1. The fraction of sp³-hybridized carbons (Fsp3) is 0.533. The number of ether oxygens (including phenoxy) is 1. The third kappa shape index (κ3) is 5.47. The summed E-state index contributed by atoms with van der Waals surface area (Å²) >= 11 is 0. The van der Waals surface area contributed by atoms with E-state index in [-0.39, 0.29) is 10.8 Å². The minimum absolute atomic E-state index is 0.124. The molecule has 0 unspecified atom stereocenters. The first-order valence-corrected chi connectivity index (χ1v) is 8.31. The monoisotopic (exact) mass is 313 g/mol. The summed E-state index contributed by atoms with van der Waals surface area (Å²) in [5.74, 6) is -0.796. The highest BCUT2D eigenvalue weighted by Crippen LogP contribution is 2.15. The number of hydrogen-bond donors (Lipinski definition) is 1. The van der Waals surface area contributed by atoms with Crippen molar-refractivity contribution in [2.75, 3.05) is 0 Å². The van der Waals surface area contributed by atoms with Crippen molar-refractivity contribution in [3.63, 3.8) is 0 Å². The van der Waals surface area contributed by atoms with Crippen LogP contribution < -0.4 is 4.72 Å². The Labute approximate surface area is 126 Å². The van der Waals surface area contributed by atoms with Crippen LogP contribution in [-0.2, 0) is 19.6 Å². The number of sulfonamides is 1. The maximum Gasteiger partial charge on any atom is 0.324 e. The van der Waals surface area contributed by atoms with Gasteiger partial charge in [0.25, 0.3) is 0 Å². The van der Waals surface area contributed by atoms with Crippen molar-refractivity contribution in [1.29, 1.82) is 0 Å². The third-order valence-electron chi connectivity index (χ3n) is 2.66. The third-order valence-corrected chi connectivity index (χ3v) is 4.12. The summed E-state index contributed by atoms with van der Waals surface area (Å²) in [6, 6.07) is 7.03. The molecule has 5 nitrogen and oxygen atoms in total. The molecule has 118 valence electrons. The molecule has 1 rings (SSSR count). The van der Waals surface area contributed by atoms with Gasteiger partial charge in [0, 0.05) is 0 Å². The van der Waals surface area contributed by atoms with Crippen LogP contribution in [0.3, 0.4) is 0 Å². The van der Waals surface area contributed by atoms with Crippen molar-refractivity contribution in [3.8, 4) is 0 Å². The van der Waals surface area contributed by atoms with Crippen molar-refractivity contribution in [2.24, 2.45) is 5.92 Å². The quantitative estimate of drug-likeness (QED) is 0.847. The van der Waals surface area contributed by atoms with E-state index in [4.69, 9.17) is 4.74 Å². The molecule has 0 spiro atoms. The van der Waals surface area contributed by atoms with E-state index in [0.29, 0.717) is 0 Å². The molecule has 0 bridgehead atoms. The van der Waals surface area contributed by atoms with E-state index in [0.717, 1.165) is 0 Å². The Balaban J connectivity index is 2.97. The zero-order chi connectivity index (χ0) is 16.3. The van der Waals surface area contributed by atoms with Gasteiger partial charge >= 0.3 is 5.97 Å². The van der Waals surface area contributed by atoms with Gasteiger partial charge in [-0.25, -0.2) is 8.42 Å². The summed E-state index contributed by atoms with van der Waals surface area (Å²) in [7, 11) is -3.76. The van der Waals surface area contributed by atoms with Gasteiger partial charge in [0.2, 0.25) is 10.0 Å². The van der Waals surface area contributed by atoms with Gasteiger partial charge in [-0.2, -0.15) is 4.72 Å². The van der Waals surface area contributed by atoms with Crippen molar-refractivity contribution < 1.29 is 17.9 Å². The largest absolute Gasteiger partial charge is 0.459 e. The summed E-state index contributed by atoms with van der Waals surface area (Å²) in [5, 5.41) is 0. The van der Waals surface area contributed by atoms with Crippen LogP contribution in [0.15, 0.2) is 35.2 Å². The molecular formula is C15H23NO4S. The molecule has 1 N–H and O–H groups in total. The Bertz CT molecular complexity index is 573. The molecule has 0 heterocycles. The zero-order valence-electron chi connectivity index (χ0n) is 13.1. The highest BCUT2D eigenvalue weighted by Gasteiger charge is 2.31. The Morgan fingerprint density at radius 2 is 1.67 bits per heavy atom. The summed E-state index contributed by atoms with van der Waals surface area (Å²) in [6.07, 6.45) is 0. The predicted molar refractivity (Wildman–Crippen MR) is 81.2 cm³/mol. The summed E-state index contributed by atoms with van der Waals surface area (Å²) in [6.45, 7) is 8.76. The van der Waals surface area contributed by atoms with Gasteiger partial charge in [0.15, 0.2) is 0 Å². The molecule has 0 aromatic heterocycles. The van der Waals surface area contributed by atoms with E-state index < -0.39 is 27.6 Å². The molecule has 1 aromatic rings. The maximum absolute atomic E-state index is 12.3. The smallest absolute Gasteiger partial charge is 0.324 e. The van der Waals surface area contributed by atoms with Crippen LogP contribution in [0, 0.1) is 5.92 Å². The number of hydrogen-bond acceptors (Lipinski definition) is 4. The van der Waals surface area contributed by atoms with Gasteiger partial charge < -0.3 is 4.74 Å². The average molecular weight is 313 g/mol. The molecular weight excluding hydrogens is 290 g/mol. The second-order valence-electron chi connectivity index (χ2n) is 6.19. The Hall–Kier alpha value is -1.40. The standard InChI is InChI=1S/C15H23NO4S/c1-11(2)13(14(17)20-15(3,4)5)16-21(18,19)12-9-7-6-8-10-12/h6-11,13,16H,1-5H3/t13-/m0/s1. The van der Waals surface area contributed by atoms with E-state index in [2.05, 4.69) is 4.72 Å². The van der Waals surface area contributed by atoms with E-state index in [9.17, 15) is 13.2 Å². The van der Waals surface area contributed by atoms with Gasteiger partial charge in [-0.3, -0.25) is 4.79 Å². The SMILES string of the molecule is CC(C)[C@H](NS(=O)(=O)c1ccccc1)C(=O)OC(C)(C)C. The highest BCUT2D eigenvalue weighted by atomic mass is 32.2. The lowest BCUT2D eigenvalue weighted by Gasteiger charge is -2.26. The first-order chi connectivity index (χ1) is 9.53. The van der Waals surface area contributed by atoms with E-state index >= 15 is 0 Å². The van der Waals surface area contributed by atoms with Crippen LogP contribution in [0.25, 0.3) is 0 Å². The van der Waals surface area contributed by atoms with Gasteiger partial charge in [0.05, 0.1) is 4.90 Å². The van der Waals surface area contributed by atoms with Crippen molar-refractivity contribution in [1.82, 2.24) is 4.72 Å². The molecule has 0 radical (unpaired) electrons. The fourth-order valence-corrected chi connectivity index (χ4v) is 3.01. The first-order valence-electron chi connectivity index (χ1n) is 6.83. The second-order valence-corrected chi connectivity index (χ2v) is 7.90. The fourth-order valence-electron chi connectivity index (χ4n) is 1.66. The average Bonchev–Trinajstić information content (AvgIpc) is 2.34. The number of benzene rings is 1. The zero-order valence-corrected chi connectivity index (χ0v) is 13.9. The molecule has 0 saturated carbocycles. The van der Waals surface area contributed by atoms with Crippen LogP contribution in [0.1, 0.15) is 34.6 Å². The van der Waals surface area contributed by atoms with Crippen molar-refractivity contribution in [3.05, 3.63) is 30.3 Å². The molecule has 6 heteroatoms. The minimum atomic E-state index is -3.76. The van der Waals surface area contributed by atoms with Crippen LogP contribution in [-0.4, -0.2) is 26.0 Å². The lowest BCUT2D eigenvalue weighted by Crippen LogP contribution is -2.47. The summed E-state index contributed by atoms with van der Waals surface area (Å²) in [5.41, 5.74) is -0.664. The Kier molecular flexibility index (Phi) is 5.53. The van der Waals surface area contributed by atoms with E-state index in [1.807, 2.05) is 0 Å². The van der Waals surface area contributed by atoms with Crippen LogP contribution >= 0.6 is 0 Å². The Morgan fingerprint density at radius 3 is 2.10 bits per heavy atom. The molecule has 21 heavy (non-hydrogen) atoms.